The van der Waals surface area contributed by atoms with Crippen LogP contribution < -0.4 is 10.6 Å². The van der Waals surface area contributed by atoms with Crippen LogP contribution in [0.25, 0.3) is 33.9 Å². The second kappa shape index (κ2) is 20.4. The number of H-pyrrole nitrogens is 2. The minimum Gasteiger partial charge on any atom is -0.453 e. The Kier molecular flexibility index (Phi) is 14.3. The number of aromatic nitrogens is 6. The monoisotopic (exact) mass is 812 g/mol. The molecule has 4 aromatic heterocycles. The van der Waals surface area contributed by atoms with Crippen LogP contribution in [0.3, 0.4) is 0 Å². The van der Waals surface area contributed by atoms with Crippen molar-refractivity contribution in [1.82, 2.24) is 50.3 Å². The third kappa shape index (κ3) is 10.6. The summed E-state index contributed by atoms with van der Waals surface area (Å²) in [5, 5.41) is 5.34. The van der Waals surface area contributed by atoms with Gasteiger partial charge >= 0.3 is 12.2 Å². The van der Waals surface area contributed by atoms with E-state index < -0.39 is 24.3 Å². The first-order valence-electron chi connectivity index (χ1n) is 19.6. The van der Waals surface area contributed by atoms with Crippen molar-refractivity contribution in [2.75, 3.05) is 27.3 Å². The van der Waals surface area contributed by atoms with Gasteiger partial charge in [0.25, 0.3) is 0 Å². The number of ether oxygens (including phenoxy) is 2. The Balaban J connectivity index is 1.10. The molecule has 0 aliphatic carbocycles. The van der Waals surface area contributed by atoms with E-state index in [0.717, 1.165) is 22.5 Å². The zero-order valence-electron chi connectivity index (χ0n) is 33.9. The SMILES string of the molecule is CCCN(Cc1ncc(-c2ccc(-c3ccc(-c4cnc(CN(CCC)C(=O)C(NC(=O)OC)c5ccccc5)[nH]4)cn3)nc2)[nH]1)C(=O)C(NC(=O)OC)c1ccccc1. The molecule has 4 amide bonds. The number of methoxy groups -OCH3 is 2. The molecule has 0 aliphatic rings. The Morgan fingerprint density at radius 1 is 0.567 bits per heavy atom. The van der Waals surface area contributed by atoms with E-state index in [4.69, 9.17) is 9.47 Å². The fraction of sp³-hybridized carbons (Fsp3) is 0.273. The van der Waals surface area contributed by atoms with Crippen molar-refractivity contribution in [2.45, 2.75) is 51.9 Å². The fourth-order valence-corrected chi connectivity index (χ4v) is 6.61. The highest BCUT2D eigenvalue weighted by Crippen LogP contribution is 2.25. The molecule has 6 aromatic rings. The standard InChI is InChI=1S/C44H48N10O6/c1-5-21-53(41(55)39(51-43(57)59-3)29-13-9-7-10-14-29)27-37-47-25-35(49-37)31-17-19-33(45-23-31)34-20-18-32(24-46-34)36-26-48-38(50-36)28-54(22-6-2)42(56)40(52-44(58)60-4)30-15-11-8-12-16-30/h7-20,23-26,39-40H,5-6,21-22,27-28H2,1-4H3,(H,47,49)(H,48,50)(H,51,57)(H,52,58). The summed E-state index contributed by atoms with van der Waals surface area (Å²) < 4.78 is 9.60. The zero-order chi connectivity index (χ0) is 42.4. The molecule has 4 heterocycles. The predicted molar refractivity (Wildman–Crippen MR) is 223 cm³/mol. The van der Waals surface area contributed by atoms with E-state index >= 15 is 0 Å². The lowest BCUT2D eigenvalue weighted by molar-refractivity contribution is -0.135. The molecule has 0 bridgehead atoms. The number of aromatic amines is 2. The third-order valence-corrected chi connectivity index (χ3v) is 9.61. The molecule has 4 N–H and O–H groups in total. The van der Waals surface area contributed by atoms with Crippen LogP contribution in [0, 0.1) is 0 Å². The Morgan fingerprint density at radius 3 is 1.30 bits per heavy atom. The maximum atomic E-state index is 13.8. The Labute approximate surface area is 347 Å². The van der Waals surface area contributed by atoms with Crippen molar-refractivity contribution in [2.24, 2.45) is 0 Å². The molecule has 2 atom stereocenters. The average molecular weight is 813 g/mol. The molecule has 0 aliphatic heterocycles. The predicted octanol–water partition coefficient (Wildman–Crippen LogP) is 6.60. The van der Waals surface area contributed by atoms with Gasteiger partial charge in [-0.25, -0.2) is 19.6 Å². The van der Waals surface area contributed by atoms with Crippen LogP contribution in [0.5, 0.6) is 0 Å². The summed E-state index contributed by atoms with van der Waals surface area (Å²) in [7, 11) is 2.52. The molecule has 16 heteroatoms. The van der Waals surface area contributed by atoms with Gasteiger partial charge < -0.3 is 39.9 Å². The quantitative estimate of drug-likeness (QED) is 0.0778. The molecule has 0 radical (unpaired) electrons. The zero-order valence-corrected chi connectivity index (χ0v) is 33.9. The van der Waals surface area contributed by atoms with Gasteiger partial charge in [0.05, 0.1) is 62.5 Å². The first kappa shape index (κ1) is 42.3. The topological polar surface area (TPSA) is 200 Å². The number of imidazole rings is 2. The molecule has 0 saturated carbocycles. The highest BCUT2D eigenvalue weighted by molar-refractivity contribution is 5.87. The third-order valence-electron chi connectivity index (χ3n) is 9.61. The van der Waals surface area contributed by atoms with Gasteiger partial charge in [0, 0.05) is 36.6 Å². The van der Waals surface area contributed by atoms with E-state index in [0.29, 0.717) is 60.1 Å². The molecule has 2 aromatic carbocycles. The lowest BCUT2D eigenvalue weighted by Gasteiger charge is -2.27. The smallest absolute Gasteiger partial charge is 0.407 e. The molecule has 60 heavy (non-hydrogen) atoms. The lowest BCUT2D eigenvalue weighted by Crippen LogP contribution is -2.43. The van der Waals surface area contributed by atoms with Gasteiger partial charge in [0.2, 0.25) is 11.8 Å². The van der Waals surface area contributed by atoms with Crippen LogP contribution in [0.15, 0.2) is 110 Å². The van der Waals surface area contributed by atoms with Gasteiger partial charge in [-0.3, -0.25) is 19.6 Å². The highest BCUT2D eigenvalue weighted by Gasteiger charge is 2.30. The summed E-state index contributed by atoms with van der Waals surface area (Å²) in [6.45, 7) is 5.28. The van der Waals surface area contributed by atoms with Gasteiger partial charge in [-0.2, -0.15) is 0 Å². The summed E-state index contributed by atoms with van der Waals surface area (Å²) in [6, 6.07) is 23.8. The maximum Gasteiger partial charge on any atom is 0.407 e. The maximum absolute atomic E-state index is 13.8. The number of amides is 4. The number of carbonyl (C=O) groups excluding carboxylic acids is 4. The lowest BCUT2D eigenvalue weighted by atomic mass is 10.1. The molecule has 16 nitrogen and oxygen atoms in total. The summed E-state index contributed by atoms with van der Waals surface area (Å²) in [5.74, 6) is 0.601. The van der Waals surface area contributed by atoms with Crippen molar-refractivity contribution in [1.29, 1.82) is 0 Å². The second-order valence-electron chi connectivity index (χ2n) is 13.8. The number of hydrogen-bond acceptors (Lipinski definition) is 10. The van der Waals surface area contributed by atoms with Gasteiger partial charge in [0.15, 0.2) is 0 Å². The summed E-state index contributed by atoms with van der Waals surface area (Å²) in [6.07, 6.45) is 6.88. The minimum atomic E-state index is -0.924. The molecule has 6 rings (SSSR count). The number of alkyl carbamates (subject to hydrolysis) is 2. The van der Waals surface area contributed by atoms with E-state index in [9.17, 15) is 19.2 Å². The Bertz CT molecular complexity index is 2170. The van der Waals surface area contributed by atoms with Crippen molar-refractivity contribution in [3.05, 3.63) is 132 Å². The summed E-state index contributed by atoms with van der Waals surface area (Å²) in [5.41, 5.74) is 5.68. The molecule has 2 unspecified atom stereocenters. The molecule has 0 saturated heterocycles. The first-order chi connectivity index (χ1) is 29.2. The van der Waals surface area contributed by atoms with E-state index in [-0.39, 0.29) is 24.9 Å². The van der Waals surface area contributed by atoms with Crippen LogP contribution in [-0.2, 0) is 32.2 Å². The van der Waals surface area contributed by atoms with Crippen LogP contribution in [0.2, 0.25) is 0 Å². The molecular formula is C44H48N10O6. The van der Waals surface area contributed by atoms with Crippen LogP contribution >= 0.6 is 0 Å². The van der Waals surface area contributed by atoms with Gasteiger partial charge in [0.1, 0.15) is 23.7 Å². The van der Waals surface area contributed by atoms with E-state index in [1.807, 2.05) is 74.5 Å². The number of hydrogen-bond donors (Lipinski definition) is 4. The van der Waals surface area contributed by atoms with Crippen LogP contribution in [-0.4, -0.2) is 91.0 Å². The van der Waals surface area contributed by atoms with Crippen molar-refractivity contribution >= 4 is 24.0 Å². The number of pyridine rings is 2. The van der Waals surface area contributed by atoms with Crippen molar-refractivity contribution in [3.63, 3.8) is 0 Å². The fourth-order valence-electron chi connectivity index (χ4n) is 6.61. The van der Waals surface area contributed by atoms with Crippen molar-refractivity contribution in [3.8, 4) is 33.9 Å². The average Bonchev–Trinajstić information content (AvgIpc) is 3.97. The minimum absolute atomic E-state index is 0.205. The van der Waals surface area contributed by atoms with Crippen molar-refractivity contribution < 1.29 is 28.7 Å². The van der Waals surface area contributed by atoms with Gasteiger partial charge in [-0.15, -0.1) is 0 Å². The molecule has 0 fully saturated rings. The number of carbonyl (C=O) groups is 4. The second-order valence-corrected chi connectivity index (χ2v) is 13.8. The number of rotatable bonds is 17. The summed E-state index contributed by atoms with van der Waals surface area (Å²) in [4.78, 5) is 80.3. The normalized spacial score (nSPS) is 11.9. The first-order valence-corrected chi connectivity index (χ1v) is 19.6. The van der Waals surface area contributed by atoms with E-state index in [1.165, 1.54) is 14.2 Å². The Morgan fingerprint density at radius 2 is 0.967 bits per heavy atom. The van der Waals surface area contributed by atoms with Gasteiger partial charge in [-0.05, 0) is 48.2 Å². The largest absolute Gasteiger partial charge is 0.453 e. The number of benzene rings is 2. The van der Waals surface area contributed by atoms with E-state index in [2.05, 4.69) is 40.5 Å². The summed E-state index contributed by atoms with van der Waals surface area (Å²) >= 11 is 0. The van der Waals surface area contributed by atoms with Gasteiger partial charge in [-0.1, -0.05) is 74.5 Å². The van der Waals surface area contributed by atoms with Crippen LogP contribution in [0.1, 0.15) is 61.5 Å². The number of nitrogens with zero attached hydrogens (tertiary/aromatic N) is 6. The highest BCUT2D eigenvalue weighted by atomic mass is 16.5. The van der Waals surface area contributed by atoms with Crippen LogP contribution in [0.4, 0.5) is 9.59 Å². The Hall–Kier alpha value is -7.36. The number of nitrogens with one attached hydrogen (secondary N) is 4. The molecule has 310 valence electrons. The van der Waals surface area contributed by atoms with E-state index in [1.54, 1.807) is 58.9 Å². The molecular weight excluding hydrogens is 765 g/mol. The molecule has 0 spiro atoms.